The SMILES string of the molecule is CC(C)CNCc1c(Br)cccc1OCc1ccccc1. The molecule has 112 valence electrons. The van der Waals surface area contributed by atoms with Gasteiger partial charge in [0, 0.05) is 16.6 Å². The highest BCUT2D eigenvalue weighted by atomic mass is 79.9. The minimum Gasteiger partial charge on any atom is -0.489 e. The summed E-state index contributed by atoms with van der Waals surface area (Å²) in [5.41, 5.74) is 2.35. The first-order chi connectivity index (χ1) is 10.2. The van der Waals surface area contributed by atoms with Gasteiger partial charge in [0.2, 0.25) is 0 Å². The molecule has 0 amide bonds. The van der Waals surface area contributed by atoms with Crippen LogP contribution in [0.3, 0.4) is 0 Å². The van der Waals surface area contributed by atoms with Gasteiger partial charge < -0.3 is 10.1 Å². The van der Waals surface area contributed by atoms with Gasteiger partial charge in [-0.3, -0.25) is 0 Å². The van der Waals surface area contributed by atoms with E-state index in [0.717, 1.165) is 23.3 Å². The minimum absolute atomic E-state index is 0.592. The Morgan fingerprint density at radius 1 is 1.05 bits per heavy atom. The molecule has 0 bridgehead atoms. The lowest BCUT2D eigenvalue weighted by molar-refractivity contribution is 0.301. The smallest absolute Gasteiger partial charge is 0.125 e. The highest BCUT2D eigenvalue weighted by molar-refractivity contribution is 9.10. The van der Waals surface area contributed by atoms with Crippen LogP contribution in [0.2, 0.25) is 0 Å². The van der Waals surface area contributed by atoms with Crippen molar-refractivity contribution in [3.8, 4) is 5.75 Å². The summed E-state index contributed by atoms with van der Waals surface area (Å²) in [5.74, 6) is 1.57. The van der Waals surface area contributed by atoms with Crippen LogP contribution in [0, 0.1) is 5.92 Å². The fraction of sp³-hybridized carbons (Fsp3) is 0.333. The van der Waals surface area contributed by atoms with E-state index in [4.69, 9.17) is 4.74 Å². The molecular weight excluding hydrogens is 326 g/mol. The average molecular weight is 348 g/mol. The predicted octanol–water partition coefficient (Wildman–Crippen LogP) is 4.77. The zero-order chi connectivity index (χ0) is 15.1. The number of rotatable bonds is 7. The van der Waals surface area contributed by atoms with E-state index in [9.17, 15) is 0 Å². The molecule has 0 heterocycles. The zero-order valence-electron chi connectivity index (χ0n) is 12.6. The average Bonchev–Trinajstić information content (AvgIpc) is 2.48. The molecule has 1 N–H and O–H groups in total. The summed E-state index contributed by atoms with van der Waals surface area (Å²) in [6.07, 6.45) is 0. The van der Waals surface area contributed by atoms with Gasteiger partial charge in [-0.15, -0.1) is 0 Å². The summed E-state index contributed by atoms with van der Waals surface area (Å²) in [6, 6.07) is 16.3. The van der Waals surface area contributed by atoms with Crippen LogP contribution in [0.15, 0.2) is 53.0 Å². The van der Waals surface area contributed by atoms with Crippen molar-refractivity contribution in [3.05, 3.63) is 64.1 Å². The Labute approximate surface area is 135 Å². The molecule has 0 spiro atoms. The molecule has 0 fully saturated rings. The second kappa shape index (κ2) is 8.20. The van der Waals surface area contributed by atoms with Crippen molar-refractivity contribution in [2.45, 2.75) is 27.0 Å². The van der Waals surface area contributed by atoms with Crippen LogP contribution in [0.25, 0.3) is 0 Å². The van der Waals surface area contributed by atoms with Crippen molar-refractivity contribution in [1.82, 2.24) is 5.32 Å². The Morgan fingerprint density at radius 2 is 1.81 bits per heavy atom. The predicted molar refractivity (Wildman–Crippen MR) is 91.5 cm³/mol. The Kier molecular flexibility index (Phi) is 6.27. The summed E-state index contributed by atoms with van der Waals surface area (Å²) in [7, 11) is 0. The van der Waals surface area contributed by atoms with E-state index in [1.54, 1.807) is 0 Å². The molecule has 0 unspecified atom stereocenters. The van der Waals surface area contributed by atoms with E-state index in [-0.39, 0.29) is 0 Å². The fourth-order valence-electron chi connectivity index (χ4n) is 2.07. The number of halogens is 1. The number of benzene rings is 2. The first-order valence-electron chi connectivity index (χ1n) is 7.31. The van der Waals surface area contributed by atoms with Crippen LogP contribution in [-0.4, -0.2) is 6.54 Å². The largest absolute Gasteiger partial charge is 0.489 e. The van der Waals surface area contributed by atoms with Crippen molar-refractivity contribution in [1.29, 1.82) is 0 Å². The van der Waals surface area contributed by atoms with Gasteiger partial charge in [0.25, 0.3) is 0 Å². The van der Waals surface area contributed by atoms with Crippen LogP contribution < -0.4 is 10.1 Å². The van der Waals surface area contributed by atoms with Crippen molar-refractivity contribution in [3.63, 3.8) is 0 Å². The van der Waals surface area contributed by atoms with E-state index in [2.05, 4.69) is 53.3 Å². The lowest BCUT2D eigenvalue weighted by Gasteiger charge is -2.15. The topological polar surface area (TPSA) is 21.3 Å². The van der Waals surface area contributed by atoms with Crippen LogP contribution in [-0.2, 0) is 13.2 Å². The molecule has 0 saturated carbocycles. The summed E-state index contributed by atoms with van der Waals surface area (Å²) in [4.78, 5) is 0. The summed E-state index contributed by atoms with van der Waals surface area (Å²) in [6.45, 7) is 6.82. The van der Waals surface area contributed by atoms with Gasteiger partial charge in [-0.25, -0.2) is 0 Å². The molecule has 2 aromatic rings. The van der Waals surface area contributed by atoms with E-state index < -0.39 is 0 Å². The maximum atomic E-state index is 5.99. The zero-order valence-corrected chi connectivity index (χ0v) is 14.2. The number of nitrogens with one attached hydrogen (secondary N) is 1. The molecule has 0 radical (unpaired) electrons. The lowest BCUT2D eigenvalue weighted by Crippen LogP contribution is -2.19. The molecule has 0 aliphatic rings. The maximum absolute atomic E-state index is 5.99. The first kappa shape index (κ1) is 16.1. The van der Waals surface area contributed by atoms with Crippen LogP contribution in [0.5, 0.6) is 5.75 Å². The maximum Gasteiger partial charge on any atom is 0.125 e. The van der Waals surface area contributed by atoms with Crippen molar-refractivity contribution < 1.29 is 4.74 Å². The third-order valence-corrected chi connectivity index (χ3v) is 3.91. The molecule has 0 aromatic heterocycles. The number of ether oxygens (including phenoxy) is 1. The normalized spacial score (nSPS) is 10.9. The second-order valence-corrected chi connectivity index (χ2v) is 6.37. The summed E-state index contributed by atoms with van der Waals surface area (Å²) in [5, 5.41) is 3.47. The Hall–Kier alpha value is -1.32. The lowest BCUT2D eigenvalue weighted by atomic mass is 10.1. The van der Waals surface area contributed by atoms with Gasteiger partial charge in [0.1, 0.15) is 12.4 Å². The summed E-state index contributed by atoms with van der Waals surface area (Å²) >= 11 is 3.62. The Morgan fingerprint density at radius 3 is 2.52 bits per heavy atom. The fourth-order valence-corrected chi connectivity index (χ4v) is 2.56. The van der Waals surface area contributed by atoms with Gasteiger partial charge in [0.05, 0.1) is 0 Å². The molecule has 2 rings (SSSR count). The summed E-state index contributed by atoms with van der Waals surface area (Å²) < 4.78 is 7.08. The van der Waals surface area contributed by atoms with Gasteiger partial charge >= 0.3 is 0 Å². The van der Waals surface area contributed by atoms with Gasteiger partial charge in [-0.1, -0.05) is 66.2 Å². The number of hydrogen-bond acceptors (Lipinski definition) is 2. The van der Waals surface area contributed by atoms with Gasteiger partial charge in [0.15, 0.2) is 0 Å². The molecule has 2 aromatic carbocycles. The van der Waals surface area contributed by atoms with Gasteiger partial charge in [-0.2, -0.15) is 0 Å². The molecule has 0 saturated heterocycles. The molecule has 0 aliphatic carbocycles. The molecule has 3 heteroatoms. The van der Waals surface area contributed by atoms with Crippen molar-refractivity contribution >= 4 is 15.9 Å². The number of hydrogen-bond donors (Lipinski definition) is 1. The van der Waals surface area contributed by atoms with Crippen molar-refractivity contribution in [2.24, 2.45) is 5.92 Å². The Balaban J connectivity index is 2.02. The molecular formula is C18H22BrNO. The quantitative estimate of drug-likeness (QED) is 0.778. The van der Waals surface area contributed by atoms with Gasteiger partial charge in [-0.05, 0) is 30.2 Å². The monoisotopic (exact) mass is 347 g/mol. The second-order valence-electron chi connectivity index (χ2n) is 5.52. The third kappa shape index (κ3) is 5.18. The standard InChI is InChI=1S/C18H22BrNO/c1-14(2)11-20-12-16-17(19)9-6-10-18(16)21-13-15-7-4-3-5-8-15/h3-10,14,20H,11-13H2,1-2H3. The van der Waals surface area contributed by atoms with Crippen LogP contribution >= 0.6 is 15.9 Å². The van der Waals surface area contributed by atoms with E-state index in [0.29, 0.717) is 12.5 Å². The Bertz CT molecular complexity index is 554. The minimum atomic E-state index is 0.592. The van der Waals surface area contributed by atoms with Crippen LogP contribution in [0.4, 0.5) is 0 Å². The van der Waals surface area contributed by atoms with Crippen molar-refractivity contribution in [2.75, 3.05) is 6.54 Å². The highest BCUT2D eigenvalue weighted by Gasteiger charge is 2.08. The van der Waals surface area contributed by atoms with E-state index in [1.807, 2.05) is 30.3 Å². The molecule has 0 aliphatic heterocycles. The van der Waals surface area contributed by atoms with Crippen LogP contribution in [0.1, 0.15) is 25.0 Å². The molecule has 0 atom stereocenters. The first-order valence-corrected chi connectivity index (χ1v) is 8.11. The highest BCUT2D eigenvalue weighted by Crippen LogP contribution is 2.27. The van der Waals surface area contributed by atoms with E-state index >= 15 is 0 Å². The van der Waals surface area contributed by atoms with E-state index in [1.165, 1.54) is 11.1 Å². The third-order valence-electron chi connectivity index (χ3n) is 3.17. The molecule has 21 heavy (non-hydrogen) atoms. The molecule has 2 nitrogen and oxygen atoms in total.